The van der Waals surface area contributed by atoms with E-state index in [0.29, 0.717) is 0 Å². The Morgan fingerprint density at radius 1 is 0.783 bits per heavy atom. The number of aliphatic hydroxyl groups excluding tert-OH is 2. The van der Waals surface area contributed by atoms with Crippen LogP contribution in [0.3, 0.4) is 0 Å². The first kappa shape index (κ1) is 38.7. The number of hydrogen-bond donors (Lipinski definition) is 2. The van der Waals surface area contributed by atoms with E-state index in [0.717, 1.165) is 26.1 Å². The van der Waals surface area contributed by atoms with Crippen molar-refractivity contribution in [1.29, 1.82) is 0 Å². The number of aryl methyl sites for hydroxylation is 1. The molecular formula is C20H44O2Y. The summed E-state index contributed by atoms with van der Waals surface area (Å²) in [4.78, 5) is 0. The van der Waals surface area contributed by atoms with Crippen LogP contribution in [-0.4, -0.2) is 24.4 Å². The zero-order valence-corrected chi connectivity index (χ0v) is 19.3. The molecule has 2 nitrogen and oxygen atoms in total. The van der Waals surface area contributed by atoms with Gasteiger partial charge >= 0.3 is 0 Å². The van der Waals surface area contributed by atoms with E-state index in [1.54, 1.807) is 0 Å². The van der Waals surface area contributed by atoms with Crippen LogP contribution in [0.2, 0.25) is 0 Å². The monoisotopic (exact) mass is 405 g/mol. The topological polar surface area (TPSA) is 40.5 Å². The molecule has 1 aromatic rings. The van der Waals surface area contributed by atoms with Crippen LogP contribution >= 0.6 is 0 Å². The van der Waals surface area contributed by atoms with E-state index in [4.69, 9.17) is 10.2 Å². The first-order valence-corrected chi connectivity index (χ1v) is 7.95. The van der Waals surface area contributed by atoms with Gasteiger partial charge in [0.25, 0.3) is 0 Å². The third-order valence-corrected chi connectivity index (χ3v) is 1.85. The second-order valence-corrected chi connectivity index (χ2v) is 5.15. The second kappa shape index (κ2) is 38.0. The Morgan fingerprint density at radius 3 is 1.35 bits per heavy atom. The SMILES string of the molecule is C.CC.CC(C)C.CC(C)CCc1ccccc1.CO.CO.[Y]. The van der Waals surface area contributed by atoms with Gasteiger partial charge in [-0.25, -0.2) is 0 Å². The van der Waals surface area contributed by atoms with Gasteiger partial charge in [-0.15, -0.1) is 0 Å². The molecular weight excluding hydrogens is 361 g/mol. The van der Waals surface area contributed by atoms with Gasteiger partial charge in [-0.1, -0.05) is 86.2 Å². The number of hydrogen-bond acceptors (Lipinski definition) is 2. The summed E-state index contributed by atoms with van der Waals surface area (Å²) in [6.45, 7) is 15.0. The van der Waals surface area contributed by atoms with Gasteiger partial charge in [-0.2, -0.15) is 0 Å². The molecule has 0 aliphatic rings. The fraction of sp³-hybridized carbons (Fsp3) is 0.700. The largest absolute Gasteiger partial charge is 0.400 e. The summed E-state index contributed by atoms with van der Waals surface area (Å²) >= 11 is 0. The number of rotatable bonds is 3. The summed E-state index contributed by atoms with van der Waals surface area (Å²) in [6, 6.07) is 10.7. The fourth-order valence-corrected chi connectivity index (χ4v) is 1.10. The van der Waals surface area contributed by atoms with Gasteiger partial charge in [0.2, 0.25) is 0 Å². The molecule has 0 amide bonds. The van der Waals surface area contributed by atoms with Crippen LogP contribution in [0.4, 0.5) is 0 Å². The Kier molecular flexibility index (Phi) is 64.0. The Hall–Kier alpha value is 0.244. The number of aliphatic hydroxyl groups is 2. The molecule has 0 atom stereocenters. The molecule has 139 valence electrons. The average molecular weight is 405 g/mol. The molecule has 0 aliphatic heterocycles. The zero-order valence-electron chi connectivity index (χ0n) is 16.4. The second-order valence-electron chi connectivity index (χ2n) is 5.15. The summed E-state index contributed by atoms with van der Waals surface area (Å²) < 4.78 is 0. The molecule has 0 unspecified atom stereocenters. The van der Waals surface area contributed by atoms with Gasteiger partial charge < -0.3 is 10.2 Å². The summed E-state index contributed by atoms with van der Waals surface area (Å²) in [5, 5.41) is 14.0. The van der Waals surface area contributed by atoms with Crippen LogP contribution in [-0.2, 0) is 39.1 Å². The van der Waals surface area contributed by atoms with E-state index < -0.39 is 0 Å². The van der Waals surface area contributed by atoms with Gasteiger partial charge in [0.15, 0.2) is 0 Å². The van der Waals surface area contributed by atoms with Crippen LogP contribution in [0.25, 0.3) is 0 Å². The Morgan fingerprint density at radius 2 is 1.09 bits per heavy atom. The van der Waals surface area contributed by atoms with Crippen molar-refractivity contribution in [2.24, 2.45) is 11.8 Å². The minimum absolute atomic E-state index is 0. The molecule has 0 spiro atoms. The van der Waals surface area contributed by atoms with Crippen molar-refractivity contribution in [1.82, 2.24) is 0 Å². The van der Waals surface area contributed by atoms with Crippen molar-refractivity contribution >= 4 is 0 Å². The normalized spacial score (nSPS) is 7.35. The van der Waals surface area contributed by atoms with Crippen molar-refractivity contribution in [2.75, 3.05) is 14.2 Å². The molecule has 1 aromatic carbocycles. The van der Waals surface area contributed by atoms with E-state index in [9.17, 15) is 0 Å². The molecule has 0 aliphatic carbocycles. The average Bonchev–Trinajstić information content (AvgIpc) is 2.52. The minimum atomic E-state index is 0. The van der Waals surface area contributed by atoms with Gasteiger partial charge in [0.05, 0.1) is 0 Å². The maximum absolute atomic E-state index is 7.00. The van der Waals surface area contributed by atoms with Gasteiger partial charge in [0, 0.05) is 46.9 Å². The third kappa shape index (κ3) is 52.0. The van der Waals surface area contributed by atoms with Crippen LogP contribution in [0.5, 0.6) is 0 Å². The molecule has 0 bridgehead atoms. The third-order valence-electron chi connectivity index (χ3n) is 1.85. The molecule has 0 heterocycles. The standard InChI is InChI=1S/C11H16.C4H10.C2H6.2CH4O.CH4.Y/c1-10(2)8-9-11-6-4-3-5-7-11;1-4(2)3;3*1-2;;/h3-7,10H,8-9H2,1-2H3;4H,1-3H3;1-2H3;2*2H,1H3;1H4;. The van der Waals surface area contributed by atoms with E-state index in [-0.39, 0.29) is 40.1 Å². The predicted octanol–water partition coefficient (Wildman–Crippen LogP) is 5.81. The van der Waals surface area contributed by atoms with E-state index in [2.05, 4.69) is 65.0 Å². The number of benzene rings is 1. The predicted molar refractivity (Wildman–Crippen MR) is 104 cm³/mol. The van der Waals surface area contributed by atoms with Crippen molar-refractivity contribution in [3.05, 3.63) is 35.9 Å². The summed E-state index contributed by atoms with van der Waals surface area (Å²) in [6.07, 6.45) is 2.52. The van der Waals surface area contributed by atoms with Gasteiger partial charge in [0.1, 0.15) is 0 Å². The molecule has 1 radical (unpaired) electrons. The maximum atomic E-state index is 7.00. The molecule has 0 saturated heterocycles. The van der Waals surface area contributed by atoms with Crippen LogP contribution in [0.1, 0.15) is 67.9 Å². The first-order valence-electron chi connectivity index (χ1n) is 7.95. The smallest absolute Gasteiger partial charge is 0.0319 e. The molecule has 0 aromatic heterocycles. The van der Waals surface area contributed by atoms with E-state index in [1.165, 1.54) is 18.4 Å². The van der Waals surface area contributed by atoms with Crippen LogP contribution in [0, 0.1) is 11.8 Å². The first-order chi connectivity index (χ1) is 10.0. The Balaban J connectivity index is -0.0000000517. The van der Waals surface area contributed by atoms with Crippen LogP contribution < -0.4 is 0 Å². The summed E-state index contributed by atoms with van der Waals surface area (Å²) in [5.74, 6) is 1.65. The van der Waals surface area contributed by atoms with Crippen LogP contribution in [0.15, 0.2) is 30.3 Å². The van der Waals surface area contributed by atoms with Crippen molar-refractivity contribution in [2.45, 2.75) is 68.7 Å². The molecule has 0 fully saturated rings. The van der Waals surface area contributed by atoms with Crippen molar-refractivity contribution in [3.63, 3.8) is 0 Å². The molecule has 3 heteroatoms. The molecule has 2 N–H and O–H groups in total. The van der Waals surface area contributed by atoms with Gasteiger partial charge in [-0.05, 0) is 30.2 Å². The molecule has 23 heavy (non-hydrogen) atoms. The Bertz CT molecular complexity index is 234. The quantitative estimate of drug-likeness (QED) is 0.666. The molecule has 1 rings (SSSR count). The zero-order chi connectivity index (χ0) is 17.7. The Labute approximate surface area is 173 Å². The summed E-state index contributed by atoms with van der Waals surface area (Å²) in [7, 11) is 2.00. The van der Waals surface area contributed by atoms with E-state index >= 15 is 0 Å². The maximum Gasteiger partial charge on any atom is 0.0319 e. The summed E-state index contributed by atoms with van der Waals surface area (Å²) in [5.41, 5.74) is 1.46. The minimum Gasteiger partial charge on any atom is -0.400 e. The molecule has 0 saturated carbocycles. The van der Waals surface area contributed by atoms with Gasteiger partial charge in [-0.3, -0.25) is 0 Å². The fourth-order valence-electron chi connectivity index (χ4n) is 1.10. The van der Waals surface area contributed by atoms with E-state index in [1.807, 2.05) is 13.8 Å². The van der Waals surface area contributed by atoms with Crippen molar-refractivity contribution < 1.29 is 42.9 Å². The van der Waals surface area contributed by atoms with Crippen molar-refractivity contribution in [3.8, 4) is 0 Å².